The first kappa shape index (κ1) is 17.3. The van der Waals surface area contributed by atoms with Crippen molar-refractivity contribution in [2.45, 2.75) is 9.79 Å². The van der Waals surface area contributed by atoms with E-state index in [9.17, 15) is 0 Å². The monoisotopic (exact) mass is 395 g/mol. The van der Waals surface area contributed by atoms with E-state index in [2.05, 4.69) is 30.3 Å². The highest BCUT2D eigenvalue weighted by molar-refractivity contribution is 7.99. The second-order valence-corrected chi connectivity index (χ2v) is 7.84. The van der Waals surface area contributed by atoms with Crippen LogP contribution in [0.1, 0.15) is 0 Å². The van der Waals surface area contributed by atoms with Gasteiger partial charge < -0.3 is 5.73 Å². The average molecular weight is 396 g/mol. The van der Waals surface area contributed by atoms with E-state index >= 15 is 0 Å². The Labute approximate surface area is 166 Å². The molecular weight excluding hydrogens is 381 g/mol. The van der Waals surface area contributed by atoms with Gasteiger partial charge >= 0.3 is 0 Å². The highest BCUT2D eigenvalue weighted by Gasteiger charge is 2.11. The summed E-state index contributed by atoms with van der Waals surface area (Å²) in [6.07, 6.45) is 0. The molecule has 4 aromatic rings. The Kier molecular flexibility index (Phi) is 4.82. The van der Waals surface area contributed by atoms with Crippen molar-refractivity contribution in [2.24, 2.45) is 0 Å². The lowest BCUT2D eigenvalue weighted by atomic mass is 10.0. The Morgan fingerprint density at radius 3 is 2.31 bits per heavy atom. The van der Waals surface area contributed by atoms with E-state index in [4.69, 9.17) is 28.9 Å². The number of rotatable bonds is 3. The first-order valence-electron chi connectivity index (χ1n) is 8.12. The van der Waals surface area contributed by atoms with Gasteiger partial charge in [0.25, 0.3) is 0 Å². The zero-order valence-electron chi connectivity index (χ0n) is 13.7. The van der Waals surface area contributed by atoms with Gasteiger partial charge in [-0.2, -0.15) is 0 Å². The van der Waals surface area contributed by atoms with Crippen LogP contribution in [0.3, 0.4) is 0 Å². The Bertz CT molecular complexity index is 1110. The summed E-state index contributed by atoms with van der Waals surface area (Å²) in [5.74, 6) is 0. The Balaban J connectivity index is 1.75. The minimum Gasteiger partial charge on any atom is -0.399 e. The molecule has 0 aromatic heterocycles. The molecule has 0 saturated carbocycles. The van der Waals surface area contributed by atoms with Crippen LogP contribution in [-0.4, -0.2) is 0 Å². The van der Waals surface area contributed by atoms with Crippen LogP contribution >= 0.6 is 35.0 Å². The standard InChI is InChI=1S/C22H15Cl2NS/c23-19-13-17(25)10-11-20(19)26-21-7-3-6-18(22(21)24)16-9-8-14-4-1-2-5-15(14)12-16/h1-13H,25H2. The van der Waals surface area contributed by atoms with Crippen LogP contribution in [0.25, 0.3) is 21.9 Å². The fourth-order valence-corrected chi connectivity index (χ4v) is 4.42. The van der Waals surface area contributed by atoms with Crippen molar-refractivity contribution < 1.29 is 0 Å². The molecule has 0 radical (unpaired) electrons. The average Bonchev–Trinajstić information content (AvgIpc) is 2.65. The molecule has 4 rings (SSSR count). The van der Waals surface area contributed by atoms with Crippen molar-refractivity contribution in [3.63, 3.8) is 0 Å². The molecule has 0 aliphatic carbocycles. The van der Waals surface area contributed by atoms with E-state index in [0.717, 1.165) is 25.9 Å². The van der Waals surface area contributed by atoms with E-state index < -0.39 is 0 Å². The summed E-state index contributed by atoms with van der Waals surface area (Å²) in [7, 11) is 0. The van der Waals surface area contributed by atoms with Gasteiger partial charge in [-0.15, -0.1) is 0 Å². The summed E-state index contributed by atoms with van der Waals surface area (Å²) in [5, 5.41) is 3.76. The van der Waals surface area contributed by atoms with Crippen molar-refractivity contribution in [3.05, 3.63) is 88.9 Å². The molecule has 0 aliphatic heterocycles. The maximum Gasteiger partial charge on any atom is 0.0623 e. The molecule has 0 amide bonds. The van der Waals surface area contributed by atoms with E-state index in [1.54, 1.807) is 17.8 Å². The van der Waals surface area contributed by atoms with Gasteiger partial charge in [0.1, 0.15) is 0 Å². The predicted octanol–water partition coefficient (Wildman–Crippen LogP) is 7.55. The van der Waals surface area contributed by atoms with Crippen LogP contribution in [0.2, 0.25) is 10.0 Å². The highest BCUT2D eigenvalue weighted by atomic mass is 35.5. The summed E-state index contributed by atoms with van der Waals surface area (Å²) < 4.78 is 0. The Hall–Kier alpha value is -2.13. The molecular formula is C22H15Cl2NS. The molecule has 0 aliphatic rings. The van der Waals surface area contributed by atoms with Crippen molar-refractivity contribution in [1.29, 1.82) is 0 Å². The van der Waals surface area contributed by atoms with Gasteiger partial charge in [0.05, 0.1) is 10.0 Å². The molecule has 0 saturated heterocycles. The quantitative estimate of drug-likeness (QED) is 0.362. The van der Waals surface area contributed by atoms with E-state index in [1.807, 2.05) is 42.5 Å². The summed E-state index contributed by atoms with van der Waals surface area (Å²) >= 11 is 14.6. The normalized spacial score (nSPS) is 11.0. The molecule has 4 aromatic carbocycles. The summed E-state index contributed by atoms with van der Waals surface area (Å²) in [6.45, 7) is 0. The second-order valence-electron chi connectivity index (χ2n) is 5.97. The van der Waals surface area contributed by atoms with Gasteiger partial charge in [-0.3, -0.25) is 0 Å². The lowest BCUT2D eigenvalue weighted by Crippen LogP contribution is -1.86. The molecule has 1 nitrogen and oxygen atoms in total. The fraction of sp³-hybridized carbons (Fsp3) is 0. The van der Waals surface area contributed by atoms with Crippen molar-refractivity contribution in [1.82, 2.24) is 0 Å². The maximum atomic E-state index is 6.74. The number of fused-ring (bicyclic) bond motifs is 1. The number of nitrogen functional groups attached to an aromatic ring is 1. The van der Waals surface area contributed by atoms with Crippen LogP contribution in [0.5, 0.6) is 0 Å². The third kappa shape index (κ3) is 3.41. The van der Waals surface area contributed by atoms with E-state index in [-0.39, 0.29) is 0 Å². The number of nitrogens with two attached hydrogens (primary N) is 1. The van der Waals surface area contributed by atoms with Crippen LogP contribution in [-0.2, 0) is 0 Å². The topological polar surface area (TPSA) is 26.0 Å². The zero-order chi connectivity index (χ0) is 18.1. The number of anilines is 1. The molecule has 128 valence electrons. The minimum absolute atomic E-state index is 0.627. The van der Waals surface area contributed by atoms with Crippen LogP contribution in [0.15, 0.2) is 88.7 Å². The molecule has 0 unspecified atom stereocenters. The van der Waals surface area contributed by atoms with Crippen LogP contribution in [0, 0.1) is 0 Å². The fourth-order valence-electron chi connectivity index (χ4n) is 2.89. The predicted molar refractivity (Wildman–Crippen MR) is 114 cm³/mol. The van der Waals surface area contributed by atoms with Gasteiger partial charge in [0.2, 0.25) is 0 Å². The minimum atomic E-state index is 0.627. The zero-order valence-corrected chi connectivity index (χ0v) is 16.1. The van der Waals surface area contributed by atoms with Crippen molar-refractivity contribution in [2.75, 3.05) is 5.73 Å². The SMILES string of the molecule is Nc1ccc(Sc2cccc(-c3ccc4ccccc4c3)c2Cl)c(Cl)c1. The van der Waals surface area contributed by atoms with Gasteiger partial charge in [-0.1, -0.05) is 83.5 Å². The molecule has 0 bridgehead atoms. The van der Waals surface area contributed by atoms with E-state index in [0.29, 0.717) is 10.7 Å². The summed E-state index contributed by atoms with van der Waals surface area (Å²) in [4.78, 5) is 1.89. The lowest BCUT2D eigenvalue weighted by molar-refractivity contribution is 1.40. The number of hydrogen-bond donors (Lipinski definition) is 1. The second kappa shape index (κ2) is 7.24. The van der Waals surface area contributed by atoms with Crippen LogP contribution < -0.4 is 5.73 Å². The van der Waals surface area contributed by atoms with Crippen molar-refractivity contribution >= 4 is 51.4 Å². The first-order chi connectivity index (χ1) is 12.6. The molecule has 0 atom stereocenters. The lowest BCUT2D eigenvalue weighted by Gasteiger charge is -2.11. The molecule has 2 N–H and O–H groups in total. The molecule has 4 heteroatoms. The van der Waals surface area contributed by atoms with Gasteiger partial charge in [-0.25, -0.2) is 0 Å². The van der Waals surface area contributed by atoms with Crippen LogP contribution in [0.4, 0.5) is 5.69 Å². The third-order valence-corrected chi connectivity index (χ3v) is 6.28. The molecule has 0 fully saturated rings. The Morgan fingerprint density at radius 2 is 1.50 bits per heavy atom. The molecule has 26 heavy (non-hydrogen) atoms. The van der Waals surface area contributed by atoms with Gasteiger partial charge in [0, 0.05) is 21.0 Å². The molecule has 0 heterocycles. The summed E-state index contributed by atoms with van der Waals surface area (Å²) in [5.41, 5.74) is 8.53. The largest absolute Gasteiger partial charge is 0.399 e. The Morgan fingerprint density at radius 1 is 0.692 bits per heavy atom. The number of hydrogen-bond acceptors (Lipinski definition) is 2. The highest BCUT2D eigenvalue weighted by Crippen LogP contribution is 2.41. The first-order valence-corrected chi connectivity index (χ1v) is 9.69. The maximum absolute atomic E-state index is 6.74. The van der Waals surface area contributed by atoms with Crippen molar-refractivity contribution in [3.8, 4) is 11.1 Å². The van der Waals surface area contributed by atoms with E-state index in [1.165, 1.54) is 10.8 Å². The van der Waals surface area contributed by atoms with Gasteiger partial charge in [0.15, 0.2) is 0 Å². The number of benzene rings is 4. The number of halogens is 2. The molecule has 0 spiro atoms. The van der Waals surface area contributed by atoms with Gasteiger partial charge in [-0.05, 0) is 46.7 Å². The smallest absolute Gasteiger partial charge is 0.0623 e. The summed E-state index contributed by atoms with van der Waals surface area (Å²) in [6, 6.07) is 26.3. The third-order valence-electron chi connectivity index (χ3n) is 4.20.